The van der Waals surface area contributed by atoms with E-state index < -0.39 is 0 Å². The fourth-order valence-electron chi connectivity index (χ4n) is 1.70. The van der Waals surface area contributed by atoms with Gasteiger partial charge in [-0.1, -0.05) is 20.8 Å². The first-order valence-electron chi connectivity index (χ1n) is 5.82. The monoisotopic (exact) mass is 254 g/mol. The van der Waals surface area contributed by atoms with Crippen molar-refractivity contribution in [2.45, 2.75) is 33.2 Å². The van der Waals surface area contributed by atoms with Gasteiger partial charge in [0.2, 0.25) is 11.8 Å². The smallest absolute Gasteiger partial charge is 0.240 e. The van der Waals surface area contributed by atoms with E-state index in [0.717, 1.165) is 6.42 Å². The maximum Gasteiger partial charge on any atom is 0.240 e. The third-order valence-corrected chi connectivity index (χ3v) is 2.50. The standard InChI is InChI=1S/C12H22N4O2/c1-12(2,3)6-8(16-13)10-11(18-5)15-9(17-4)7-14-10/h7-8,16H,6,13H2,1-5H3. The minimum atomic E-state index is -0.113. The first-order chi connectivity index (χ1) is 8.41. The molecule has 0 aliphatic rings. The highest BCUT2D eigenvalue weighted by molar-refractivity contribution is 5.25. The maximum atomic E-state index is 5.60. The molecule has 0 saturated carbocycles. The van der Waals surface area contributed by atoms with Gasteiger partial charge in [-0.05, 0) is 11.8 Å². The van der Waals surface area contributed by atoms with Crippen LogP contribution in [0.15, 0.2) is 6.20 Å². The molecule has 0 aliphatic heterocycles. The summed E-state index contributed by atoms with van der Waals surface area (Å²) in [5.74, 6) is 6.45. The predicted molar refractivity (Wildman–Crippen MR) is 69.3 cm³/mol. The Balaban J connectivity index is 3.05. The van der Waals surface area contributed by atoms with E-state index >= 15 is 0 Å². The van der Waals surface area contributed by atoms with Crippen LogP contribution in [-0.2, 0) is 0 Å². The molecule has 1 unspecified atom stereocenters. The summed E-state index contributed by atoms with van der Waals surface area (Å²) >= 11 is 0. The lowest BCUT2D eigenvalue weighted by Crippen LogP contribution is -2.32. The zero-order valence-electron chi connectivity index (χ0n) is 11.7. The van der Waals surface area contributed by atoms with Crippen molar-refractivity contribution in [2.24, 2.45) is 11.3 Å². The topological polar surface area (TPSA) is 82.3 Å². The Morgan fingerprint density at radius 1 is 1.33 bits per heavy atom. The maximum absolute atomic E-state index is 5.60. The Labute approximate surface area is 108 Å². The van der Waals surface area contributed by atoms with E-state index in [1.807, 2.05) is 0 Å². The van der Waals surface area contributed by atoms with Crippen LogP contribution in [0, 0.1) is 5.41 Å². The van der Waals surface area contributed by atoms with E-state index in [2.05, 4.69) is 36.2 Å². The van der Waals surface area contributed by atoms with Gasteiger partial charge < -0.3 is 9.47 Å². The lowest BCUT2D eigenvalue weighted by atomic mass is 9.87. The van der Waals surface area contributed by atoms with E-state index in [1.165, 1.54) is 7.11 Å². The molecular weight excluding hydrogens is 232 g/mol. The lowest BCUT2D eigenvalue weighted by Gasteiger charge is -2.25. The number of hydrogen-bond donors (Lipinski definition) is 2. The molecule has 0 radical (unpaired) electrons. The predicted octanol–water partition coefficient (Wildman–Crippen LogP) is 1.43. The summed E-state index contributed by atoms with van der Waals surface area (Å²) in [5.41, 5.74) is 3.57. The summed E-state index contributed by atoms with van der Waals surface area (Å²) in [6, 6.07) is -0.113. The number of hydrogen-bond acceptors (Lipinski definition) is 6. The van der Waals surface area contributed by atoms with Crippen molar-refractivity contribution in [1.29, 1.82) is 0 Å². The van der Waals surface area contributed by atoms with E-state index in [1.54, 1.807) is 13.3 Å². The van der Waals surface area contributed by atoms with Crippen molar-refractivity contribution in [3.05, 3.63) is 11.9 Å². The molecule has 3 N–H and O–H groups in total. The van der Waals surface area contributed by atoms with Crippen LogP contribution in [-0.4, -0.2) is 24.2 Å². The summed E-state index contributed by atoms with van der Waals surface area (Å²) in [7, 11) is 3.09. The Hall–Kier alpha value is -1.40. The third-order valence-electron chi connectivity index (χ3n) is 2.50. The van der Waals surface area contributed by atoms with E-state index in [4.69, 9.17) is 15.3 Å². The molecule has 18 heavy (non-hydrogen) atoms. The fourth-order valence-corrected chi connectivity index (χ4v) is 1.70. The van der Waals surface area contributed by atoms with Gasteiger partial charge in [0.15, 0.2) is 0 Å². The second-order valence-corrected chi connectivity index (χ2v) is 5.29. The summed E-state index contributed by atoms with van der Waals surface area (Å²) in [4.78, 5) is 8.53. The van der Waals surface area contributed by atoms with Crippen LogP contribution in [0.3, 0.4) is 0 Å². The van der Waals surface area contributed by atoms with E-state index in [-0.39, 0.29) is 11.5 Å². The van der Waals surface area contributed by atoms with Gasteiger partial charge in [0, 0.05) is 0 Å². The summed E-state index contributed by atoms with van der Waals surface area (Å²) in [6.45, 7) is 6.42. The van der Waals surface area contributed by atoms with Crippen molar-refractivity contribution >= 4 is 0 Å². The molecule has 0 spiro atoms. The number of aromatic nitrogens is 2. The molecule has 0 aliphatic carbocycles. The molecule has 102 valence electrons. The quantitative estimate of drug-likeness (QED) is 0.611. The summed E-state index contributed by atoms with van der Waals surface area (Å²) < 4.78 is 10.3. The Morgan fingerprint density at radius 2 is 2.00 bits per heavy atom. The largest absolute Gasteiger partial charge is 0.480 e. The van der Waals surface area contributed by atoms with Crippen LogP contribution in [0.25, 0.3) is 0 Å². The molecule has 1 aromatic heterocycles. The van der Waals surface area contributed by atoms with Crippen molar-refractivity contribution in [2.75, 3.05) is 14.2 Å². The number of nitrogens with two attached hydrogens (primary N) is 1. The molecule has 6 heteroatoms. The van der Waals surface area contributed by atoms with E-state index in [9.17, 15) is 0 Å². The number of methoxy groups -OCH3 is 2. The van der Waals surface area contributed by atoms with Gasteiger partial charge in [-0.15, -0.1) is 0 Å². The van der Waals surface area contributed by atoms with Crippen molar-refractivity contribution in [3.63, 3.8) is 0 Å². The van der Waals surface area contributed by atoms with Crippen molar-refractivity contribution in [3.8, 4) is 11.8 Å². The number of nitrogens with zero attached hydrogens (tertiary/aromatic N) is 2. The van der Waals surface area contributed by atoms with Crippen LogP contribution in [0.4, 0.5) is 0 Å². The highest BCUT2D eigenvalue weighted by atomic mass is 16.5. The van der Waals surface area contributed by atoms with Crippen LogP contribution in [0.2, 0.25) is 0 Å². The average Bonchev–Trinajstić information content (AvgIpc) is 2.34. The van der Waals surface area contributed by atoms with Crippen LogP contribution in [0.1, 0.15) is 38.9 Å². The number of hydrazine groups is 1. The lowest BCUT2D eigenvalue weighted by molar-refractivity contribution is 0.295. The van der Waals surface area contributed by atoms with Gasteiger partial charge in [-0.2, -0.15) is 4.98 Å². The number of ether oxygens (including phenoxy) is 2. The Kier molecular flexibility index (Phi) is 4.86. The van der Waals surface area contributed by atoms with Gasteiger partial charge in [0.1, 0.15) is 5.69 Å². The van der Waals surface area contributed by atoms with Gasteiger partial charge in [-0.25, -0.2) is 4.98 Å². The molecule has 1 heterocycles. The highest BCUT2D eigenvalue weighted by Gasteiger charge is 2.24. The Morgan fingerprint density at radius 3 is 2.44 bits per heavy atom. The van der Waals surface area contributed by atoms with Crippen LogP contribution >= 0.6 is 0 Å². The molecule has 0 aromatic carbocycles. The van der Waals surface area contributed by atoms with Gasteiger partial charge in [-0.3, -0.25) is 11.3 Å². The first-order valence-corrected chi connectivity index (χ1v) is 5.82. The van der Waals surface area contributed by atoms with Crippen molar-refractivity contribution in [1.82, 2.24) is 15.4 Å². The molecule has 0 fully saturated rings. The molecule has 0 bridgehead atoms. The van der Waals surface area contributed by atoms with Gasteiger partial charge in [0.25, 0.3) is 0 Å². The first kappa shape index (κ1) is 14.7. The molecule has 1 rings (SSSR count). The minimum absolute atomic E-state index is 0.113. The summed E-state index contributed by atoms with van der Waals surface area (Å²) in [5, 5.41) is 0. The molecule has 1 aromatic rings. The highest BCUT2D eigenvalue weighted by Crippen LogP contribution is 2.32. The zero-order valence-corrected chi connectivity index (χ0v) is 11.7. The fraction of sp³-hybridized carbons (Fsp3) is 0.667. The average molecular weight is 254 g/mol. The summed E-state index contributed by atoms with van der Waals surface area (Å²) in [6.07, 6.45) is 2.38. The van der Waals surface area contributed by atoms with Crippen LogP contribution < -0.4 is 20.7 Å². The third kappa shape index (κ3) is 3.82. The van der Waals surface area contributed by atoms with Gasteiger partial charge >= 0.3 is 0 Å². The second kappa shape index (κ2) is 5.97. The Bertz CT molecular complexity index is 390. The molecule has 0 saturated heterocycles. The SMILES string of the molecule is COc1cnc(C(CC(C)(C)C)NN)c(OC)n1. The number of rotatable bonds is 5. The zero-order chi connectivity index (χ0) is 13.8. The molecule has 0 amide bonds. The van der Waals surface area contributed by atoms with Crippen LogP contribution in [0.5, 0.6) is 11.8 Å². The van der Waals surface area contributed by atoms with Crippen molar-refractivity contribution < 1.29 is 9.47 Å². The molecule has 6 nitrogen and oxygen atoms in total. The minimum Gasteiger partial charge on any atom is -0.480 e. The molecule has 1 atom stereocenters. The molecular formula is C12H22N4O2. The second-order valence-electron chi connectivity index (χ2n) is 5.29. The normalized spacial score (nSPS) is 13.2. The van der Waals surface area contributed by atoms with Gasteiger partial charge in [0.05, 0.1) is 26.5 Å². The number of nitrogens with one attached hydrogen (secondary N) is 1. The van der Waals surface area contributed by atoms with E-state index in [0.29, 0.717) is 17.5 Å².